The number of hydrogen-bond donors (Lipinski definition) is 3. The molecule has 0 bridgehead atoms. The second-order valence-corrected chi connectivity index (χ2v) is 4.00. The predicted octanol–water partition coefficient (Wildman–Crippen LogP) is 1.26. The maximum atomic E-state index is 11.2. The number of halogens is 1. The van der Waals surface area contributed by atoms with Crippen molar-refractivity contribution >= 4 is 29.0 Å². The third-order valence-electron chi connectivity index (χ3n) is 2.31. The zero-order valence-electron chi connectivity index (χ0n) is 9.05. The van der Waals surface area contributed by atoms with Gasteiger partial charge in [0, 0.05) is 11.3 Å². The zero-order valence-corrected chi connectivity index (χ0v) is 9.81. The van der Waals surface area contributed by atoms with Gasteiger partial charge in [-0.3, -0.25) is 4.79 Å². The standard InChI is InChI=1S/C11H12ClNO4/c1-5(14)9(12)6-3-2-4-7(13)8(6)10(15)11(16)17/h2-4,9-10,15H,13H2,1H3,(H,16,17). The number of nitrogen functional groups attached to an aromatic ring is 1. The van der Waals surface area contributed by atoms with Crippen LogP contribution < -0.4 is 5.73 Å². The fourth-order valence-electron chi connectivity index (χ4n) is 1.48. The van der Waals surface area contributed by atoms with Crippen molar-refractivity contribution in [1.29, 1.82) is 0 Å². The monoisotopic (exact) mass is 257 g/mol. The van der Waals surface area contributed by atoms with Gasteiger partial charge >= 0.3 is 5.97 Å². The van der Waals surface area contributed by atoms with Crippen molar-refractivity contribution in [1.82, 2.24) is 0 Å². The summed E-state index contributed by atoms with van der Waals surface area (Å²) in [5.74, 6) is -1.80. The van der Waals surface area contributed by atoms with Crippen molar-refractivity contribution in [2.75, 3.05) is 5.73 Å². The summed E-state index contributed by atoms with van der Waals surface area (Å²) in [4.78, 5) is 22.0. The Morgan fingerprint density at radius 1 is 1.41 bits per heavy atom. The lowest BCUT2D eigenvalue weighted by Crippen LogP contribution is -2.17. The third kappa shape index (κ3) is 2.75. The lowest BCUT2D eigenvalue weighted by atomic mass is 9.96. The number of carboxylic acid groups (broad SMARTS) is 1. The number of benzene rings is 1. The maximum absolute atomic E-state index is 11.2. The van der Waals surface area contributed by atoms with Gasteiger partial charge < -0.3 is 15.9 Å². The van der Waals surface area contributed by atoms with Crippen LogP contribution in [0.5, 0.6) is 0 Å². The molecule has 0 heterocycles. The van der Waals surface area contributed by atoms with Crippen molar-refractivity contribution in [2.45, 2.75) is 18.4 Å². The summed E-state index contributed by atoms with van der Waals surface area (Å²) in [5, 5.41) is 17.3. The number of aliphatic hydroxyl groups is 1. The minimum Gasteiger partial charge on any atom is -0.479 e. The lowest BCUT2D eigenvalue weighted by molar-refractivity contribution is -0.147. The van der Waals surface area contributed by atoms with Gasteiger partial charge in [-0.1, -0.05) is 12.1 Å². The number of aliphatic carboxylic acids is 1. The van der Waals surface area contributed by atoms with E-state index in [9.17, 15) is 14.7 Å². The van der Waals surface area contributed by atoms with Gasteiger partial charge in [0.1, 0.15) is 5.38 Å². The molecule has 92 valence electrons. The largest absolute Gasteiger partial charge is 0.479 e. The topological polar surface area (TPSA) is 101 Å². The summed E-state index contributed by atoms with van der Waals surface area (Å²) in [7, 11) is 0. The first-order chi connectivity index (χ1) is 7.86. The molecule has 0 spiro atoms. The third-order valence-corrected chi connectivity index (χ3v) is 2.85. The van der Waals surface area contributed by atoms with Crippen molar-refractivity contribution in [3.05, 3.63) is 29.3 Å². The average Bonchev–Trinajstić information content (AvgIpc) is 2.26. The van der Waals surface area contributed by atoms with Crippen LogP contribution in [0.1, 0.15) is 29.5 Å². The number of anilines is 1. The van der Waals surface area contributed by atoms with E-state index in [1.54, 1.807) is 6.07 Å². The first-order valence-electron chi connectivity index (χ1n) is 4.80. The van der Waals surface area contributed by atoms with E-state index in [4.69, 9.17) is 22.4 Å². The Bertz CT molecular complexity index is 461. The van der Waals surface area contributed by atoms with Gasteiger partial charge in [0.2, 0.25) is 0 Å². The number of rotatable bonds is 4. The molecule has 6 heteroatoms. The smallest absolute Gasteiger partial charge is 0.337 e. The van der Waals surface area contributed by atoms with Crippen molar-refractivity contribution in [2.24, 2.45) is 0 Å². The quantitative estimate of drug-likeness (QED) is 0.557. The molecule has 0 amide bonds. The molecule has 2 atom stereocenters. The molecule has 0 aliphatic heterocycles. The van der Waals surface area contributed by atoms with Gasteiger partial charge in [-0.2, -0.15) is 0 Å². The highest BCUT2D eigenvalue weighted by molar-refractivity contribution is 6.31. The minimum absolute atomic E-state index is 0.0322. The Morgan fingerprint density at radius 3 is 2.47 bits per heavy atom. The number of aliphatic hydroxyl groups excluding tert-OH is 1. The van der Waals surface area contributed by atoms with E-state index in [0.29, 0.717) is 0 Å². The molecule has 1 rings (SSSR count). The average molecular weight is 258 g/mol. The Hall–Kier alpha value is -1.59. The minimum atomic E-state index is -1.80. The number of alkyl halides is 1. The normalized spacial score (nSPS) is 14.1. The van der Waals surface area contributed by atoms with Crippen LogP contribution in [0, 0.1) is 0 Å². The molecule has 1 aromatic rings. The van der Waals surface area contributed by atoms with Crippen molar-refractivity contribution < 1.29 is 19.8 Å². The van der Waals surface area contributed by atoms with E-state index in [1.165, 1.54) is 19.1 Å². The summed E-state index contributed by atoms with van der Waals surface area (Å²) in [6.07, 6.45) is -1.80. The molecule has 4 N–H and O–H groups in total. The van der Waals surface area contributed by atoms with Crippen LogP contribution in [-0.2, 0) is 9.59 Å². The Kier molecular flexibility index (Phi) is 4.09. The molecule has 0 aliphatic rings. The molecule has 1 aromatic carbocycles. The van der Waals surface area contributed by atoms with Crippen LogP contribution in [0.2, 0.25) is 0 Å². The molecule has 2 unspecified atom stereocenters. The molecule has 5 nitrogen and oxygen atoms in total. The summed E-state index contributed by atoms with van der Waals surface area (Å²) >= 11 is 5.86. The number of Topliss-reactive ketones (excluding diaryl/α,β-unsaturated/α-hetero) is 1. The van der Waals surface area contributed by atoms with E-state index in [-0.39, 0.29) is 22.6 Å². The first kappa shape index (κ1) is 13.5. The van der Waals surface area contributed by atoms with E-state index in [2.05, 4.69) is 0 Å². The van der Waals surface area contributed by atoms with E-state index in [0.717, 1.165) is 0 Å². The van der Waals surface area contributed by atoms with Crippen LogP contribution >= 0.6 is 11.6 Å². The summed E-state index contributed by atoms with van der Waals surface area (Å²) in [6, 6.07) is 4.45. The van der Waals surface area contributed by atoms with Crippen LogP contribution in [0.4, 0.5) is 5.69 Å². The molecule has 0 saturated heterocycles. The second kappa shape index (κ2) is 5.16. The van der Waals surface area contributed by atoms with Gasteiger partial charge in [0.15, 0.2) is 11.9 Å². The van der Waals surface area contributed by atoms with Crippen molar-refractivity contribution in [3.63, 3.8) is 0 Å². The van der Waals surface area contributed by atoms with E-state index in [1.807, 2.05) is 0 Å². The molecular weight excluding hydrogens is 246 g/mol. The molecular formula is C11H12ClNO4. The molecule has 0 fully saturated rings. The van der Waals surface area contributed by atoms with Crippen LogP contribution in [0.15, 0.2) is 18.2 Å². The number of hydrogen-bond acceptors (Lipinski definition) is 4. The van der Waals surface area contributed by atoms with Gasteiger partial charge in [0.25, 0.3) is 0 Å². The van der Waals surface area contributed by atoms with Gasteiger partial charge in [-0.15, -0.1) is 11.6 Å². The van der Waals surface area contributed by atoms with Crippen LogP contribution in [0.25, 0.3) is 0 Å². The highest BCUT2D eigenvalue weighted by Gasteiger charge is 2.26. The zero-order chi connectivity index (χ0) is 13.2. The van der Waals surface area contributed by atoms with Gasteiger partial charge in [-0.25, -0.2) is 4.79 Å². The number of nitrogens with two attached hydrogens (primary N) is 1. The van der Waals surface area contributed by atoms with Gasteiger partial charge in [-0.05, 0) is 18.6 Å². The Labute approximate surface area is 103 Å². The predicted molar refractivity (Wildman–Crippen MR) is 62.7 cm³/mol. The molecule has 0 aliphatic carbocycles. The van der Waals surface area contributed by atoms with Crippen LogP contribution in [-0.4, -0.2) is 22.0 Å². The number of carbonyl (C=O) groups excluding carboxylic acids is 1. The number of carbonyl (C=O) groups is 2. The highest BCUT2D eigenvalue weighted by Crippen LogP contribution is 2.32. The second-order valence-electron chi connectivity index (χ2n) is 3.56. The Balaban J connectivity index is 3.36. The number of carboxylic acids is 1. The summed E-state index contributed by atoms with van der Waals surface area (Å²) < 4.78 is 0. The Morgan fingerprint density at radius 2 is 2.00 bits per heavy atom. The van der Waals surface area contributed by atoms with E-state index < -0.39 is 17.5 Å². The number of ketones is 1. The van der Waals surface area contributed by atoms with Crippen molar-refractivity contribution in [3.8, 4) is 0 Å². The molecule has 0 saturated carbocycles. The highest BCUT2D eigenvalue weighted by atomic mass is 35.5. The fourth-order valence-corrected chi connectivity index (χ4v) is 1.67. The lowest BCUT2D eigenvalue weighted by Gasteiger charge is -2.17. The molecule has 17 heavy (non-hydrogen) atoms. The first-order valence-corrected chi connectivity index (χ1v) is 5.23. The fraction of sp³-hybridized carbons (Fsp3) is 0.273. The molecule has 0 radical (unpaired) electrons. The molecule has 0 aromatic heterocycles. The van der Waals surface area contributed by atoms with Crippen LogP contribution in [0.3, 0.4) is 0 Å². The SMILES string of the molecule is CC(=O)C(Cl)c1cccc(N)c1C(O)C(=O)O. The van der Waals surface area contributed by atoms with E-state index >= 15 is 0 Å². The maximum Gasteiger partial charge on any atom is 0.337 e. The summed E-state index contributed by atoms with van der Waals surface area (Å²) in [6.45, 7) is 1.28. The van der Waals surface area contributed by atoms with Gasteiger partial charge in [0.05, 0.1) is 0 Å². The summed E-state index contributed by atoms with van der Waals surface area (Å²) in [5.41, 5.74) is 5.88.